The van der Waals surface area contributed by atoms with Crippen LogP contribution in [0.1, 0.15) is 67.2 Å². The first-order valence-corrected chi connectivity index (χ1v) is 21.4. The molecule has 0 fully saturated rings. The fourth-order valence-corrected chi connectivity index (χ4v) is 8.52. The molecule has 328 valence electrons. The zero-order valence-corrected chi connectivity index (χ0v) is 35.7. The lowest BCUT2D eigenvalue weighted by Crippen LogP contribution is -2.44. The van der Waals surface area contributed by atoms with E-state index >= 15 is 0 Å². The molecular formula is C49H49N7O8. The predicted molar refractivity (Wildman–Crippen MR) is 241 cm³/mol. The second-order valence-electron chi connectivity index (χ2n) is 16.0. The summed E-state index contributed by atoms with van der Waals surface area (Å²) in [5, 5.41) is 2.97. The van der Waals surface area contributed by atoms with E-state index in [9.17, 15) is 14.4 Å². The number of aromatic nitrogens is 1. The molecule has 64 heavy (non-hydrogen) atoms. The third kappa shape index (κ3) is 8.90. The first-order valence-electron chi connectivity index (χ1n) is 21.4. The molecule has 5 heterocycles. The average molecular weight is 864 g/mol. The summed E-state index contributed by atoms with van der Waals surface area (Å²) in [6.07, 6.45) is 5.87. The van der Waals surface area contributed by atoms with Gasteiger partial charge in [0.05, 0.1) is 66.8 Å². The van der Waals surface area contributed by atoms with E-state index in [0.29, 0.717) is 121 Å². The highest BCUT2D eigenvalue weighted by Crippen LogP contribution is 2.41. The van der Waals surface area contributed by atoms with Gasteiger partial charge in [0.25, 0.3) is 11.8 Å². The Bertz CT molecular complexity index is 2670. The number of hydrogen-bond donors (Lipinski definition) is 2. The summed E-state index contributed by atoms with van der Waals surface area (Å²) in [6, 6.07) is 26.0. The van der Waals surface area contributed by atoms with Gasteiger partial charge in [0, 0.05) is 62.9 Å². The minimum Gasteiger partial charge on any atom is -0.493 e. The molecule has 3 N–H and O–H groups in total. The summed E-state index contributed by atoms with van der Waals surface area (Å²) in [5.74, 6) is 1.27. The van der Waals surface area contributed by atoms with Crippen LogP contribution < -0.4 is 30.0 Å². The molecule has 15 nitrogen and oxygen atoms in total. The van der Waals surface area contributed by atoms with Crippen LogP contribution in [-0.4, -0.2) is 91.0 Å². The molecule has 15 heteroatoms. The molecule has 0 bridgehead atoms. The number of nitrogens with two attached hydrogens (primary N) is 1. The van der Waals surface area contributed by atoms with Crippen LogP contribution in [0.2, 0.25) is 0 Å². The maximum absolute atomic E-state index is 14.1. The van der Waals surface area contributed by atoms with Crippen molar-refractivity contribution in [3.8, 4) is 23.0 Å². The van der Waals surface area contributed by atoms with E-state index in [2.05, 4.69) is 17.4 Å². The van der Waals surface area contributed by atoms with E-state index in [4.69, 9.17) is 44.4 Å². The number of benzene rings is 4. The Morgan fingerprint density at radius 2 is 1.27 bits per heavy atom. The van der Waals surface area contributed by atoms with E-state index in [1.54, 1.807) is 36.3 Å². The Morgan fingerprint density at radius 1 is 0.688 bits per heavy atom. The van der Waals surface area contributed by atoms with E-state index in [1.807, 2.05) is 65.9 Å². The molecular weight excluding hydrogens is 815 g/mol. The number of anilines is 1. The number of nitrogens with one attached hydrogen (secondary N) is 1. The monoisotopic (exact) mass is 863 g/mol. The SMILES string of the molecule is COc1cc2c(cc1OCc1cccc(COc3cc4c(cc3OC)C(=O)N3Cc5cc(NC(=O)CCCOCCN)ccc5C[C@H]3C=N4)n1)N=C[C@@H]1Cc3ccccc3CN1C2=O. The number of amides is 3. The normalized spacial score (nSPS) is 16.9. The molecule has 4 aliphatic heterocycles. The van der Waals surface area contributed by atoms with Crippen LogP contribution in [0.25, 0.3) is 0 Å². The van der Waals surface area contributed by atoms with Gasteiger partial charge < -0.3 is 44.5 Å². The minimum absolute atomic E-state index is 0.101. The molecule has 0 unspecified atom stereocenters. The molecule has 0 aliphatic carbocycles. The van der Waals surface area contributed by atoms with E-state index in [-0.39, 0.29) is 43.0 Å². The summed E-state index contributed by atoms with van der Waals surface area (Å²) in [4.78, 5) is 58.5. The van der Waals surface area contributed by atoms with E-state index < -0.39 is 0 Å². The lowest BCUT2D eigenvalue weighted by atomic mass is 9.93. The summed E-state index contributed by atoms with van der Waals surface area (Å²) in [5.41, 5.74) is 13.7. The number of carbonyl (C=O) groups is 3. The van der Waals surface area contributed by atoms with Crippen LogP contribution in [-0.2, 0) is 48.7 Å². The van der Waals surface area contributed by atoms with Gasteiger partial charge in [-0.25, -0.2) is 0 Å². The van der Waals surface area contributed by atoms with E-state index in [1.165, 1.54) is 12.7 Å². The van der Waals surface area contributed by atoms with Gasteiger partial charge in [0.2, 0.25) is 5.91 Å². The second kappa shape index (κ2) is 18.7. The zero-order valence-electron chi connectivity index (χ0n) is 35.7. The number of rotatable bonds is 15. The Morgan fingerprint density at radius 3 is 1.86 bits per heavy atom. The fraction of sp³-hybridized carbons (Fsp3) is 0.306. The number of nitrogens with zero attached hydrogens (tertiary/aromatic N) is 5. The lowest BCUT2D eigenvalue weighted by molar-refractivity contribution is -0.116. The third-order valence-electron chi connectivity index (χ3n) is 11.8. The first-order chi connectivity index (χ1) is 31.3. The summed E-state index contributed by atoms with van der Waals surface area (Å²) in [7, 11) is 3.07. The highest BCUT2D eigenvalue weighted by molar-refractivity contribution is 6.04. The fourth-order valence-electron chi connectivity index (χ4n) is 8.52. The van der Waals surface area contributed by atoms with Crippen LogP contribution >= 0.6 is 0 Å². The highest BCUT2D eigenvalue weighted by Gasteiger charge is 2.35. The third-order valence-corrected chi connectivity index (χ3v) is 11.8. The first kappa shape index (κ1) is 42.2. The number of fused-ring (bicyclic) bond motifs is 6. The molecule has 2 atom stereocenters. The zero-order chi connectivity index (χ0) is 44.2. The number of carbonyl (C=O) groups excluding carboxylic acids is 3. The number of aliphatic imine (C=N–C) groups is 2. The molecule has 5 aromatic rings. The van der Waals surface area contributed by atoms with Crippen molar-refractivity contribution < 1.29 is 38.1 Å². The van der Waals surface area contributed by atoms with Crippen molar-refractivity contribution in [3.63, 3.8) is 0 Å². The van der Waals surface area contributed by atoms with Gasteiger partial charge in [0.15, 0.2) is 23.0 Å². The van der Waals surface area contributed by atoms with Crippen molar-refractivity contribution in [3.05, 3.63) is 130 Å². The Labute approximate surface area is 370 Å². The quantitative estimate of drug-likeness (QED) is 0.110. The standard InChI is InChI=1S/C49H49N7O8/c1-60-43-20-39-41(51-24-37-18-30-7-3-4-8-32(30)26-55(37)48(39)58)22-45(43)63-28-35-9-5-10-36(53-35)29-64-46-23-42-40(21-44(46)61-2)49(59)56-27-33-17-34(13-12-31(33)19-38(56)25-52-42)54-47(57)11-6-15-62-16-14-50/h3-5,7-10,12-13,17,20-25,37-38H,6,11,14-16,18-19,26-29,50H2,1-2H3,(H,54,57)/t37-,38-/m0/s1. The molecule has 0 radical (unpaired) electrons. The molecule has 4 aromatic carbocycles. The highest BCUT2D eigenvalue weighted by atomic mass is 16.5. The predicted octanol–water partition coefficient (Wildman–Crippen LogP) is 6.52. The van der Waals surface area contributed by atoms with Crippen LogP contribution in [0.4, 0.5) is 17.1 Å². The van der Waals surface area contributed by atoms with E-state index in [0.717, 1.165) is 16.7 Å². The van der Waals surface area contributed by atoms with Gasteiger partial charge in [-0.2, -0.15) is 0 Å². The van der Waals surface area contributed by atoms with Crippen LogP contribution in [0.3, 0.4) is 0 Å². The van der Waals surface area contributed by atoms with Crippen LogP contribution in [0.15, 0.2) is 94.9 Å². The Hall–Kier alpha value is -7.10. The van der Waals surface area contributed by atoms with Gasteiger partial charge in [0.1, 0.15) is 13.2 Å². The maximum Gasteiger partial charge on any atom is 0.257 e. The van der Waals surface area contributed by atoms with Gasteiger partial charge in [-0.05, 0) is 77.9 Å². The summed E-state index contributed by atoms with van der Waals surface area (Å²) >= 11 is 0. The Balaban J connectivity index is 0.847. The number of pyridine rings is 1. The van der Waals surface area contributed by atoms with Crippen molar-refractivity contribution in [2.75, 3.05) is 39.3 Å². The summed E-state index contributed by atoms with van der Waals surface area (Å²) < 4.78 is 29.3. The second-order valence-corrected chi connectivity index (χ2v) is 16.0. The number of hydrogen-bond acceptors (Lipinski definition) is 12. The topological polar surface area (TPSA) is 180 Å². The molecule has 3 amide bonds. The number of methoxy groups -OCH3 is 2. The molecule has 0 saturated heterocycles. The van der Waals surface area contributed by atoms with Crippen molar-refractivity contribution >= 4 is 47.2 Å². The summed E-state index contributed by atoms with van der Waals surface area (Å²) in [6.45, 7) is 2.49. The van der Waals surface area contributed by atoms with Gasteiger partial charge >= 0.3 is 0 Å². The largest absolute Gasteiger partial charge is 0.493 e. The van der Waals surface area contributed by atoms with Gasteiger partial charge in [-0.3, -0.25) is 29.4 Å². The van der Waals surface area contributed by atoms with Crippen LogP contribution in [0.5, 0.6) is 23.0 Å². The lowest BCUT2D eigenvalue weighted by Gasteiger charge is -2.34. The molecule has 1 aromatic heterocycles. The smallest absolute Gasteiger partial charge is 0.257 e. The van der Waals surface area contributed by atoms with Crippen molar-refractivity contribution in [1.82, 2.24) is 14.8 Å². The maximum atomic E-state index is 14.1. The van der Waals surface area contributed by atoms with Crippen molar-refractivity contribution in [1.29, 1.82) is 0 Å². The van der Waals surface area contributed by atoms with Gasteiger partial charge in [-0.15, -0.1) is 0 Å². The van der Waals surface area contributed by atoms with Crippen molar-refractivity contribution in [2.45, 2.75) is 64.1 Å². The van der Waals surface area contributed by atoms with Crippen molar-refractivity contribution in [2.24, 2.45) is 15.7 Å². The molecule has 0 saturated carbocycles. The molecule has 9 rings (SSSR count). The van der Waals surface area contributed by atoms with Gasteiger partial charge in [-0.1, -0.05) is 36.4 Å². The average Bonchev–Trinajstić information content (AvgIpc) is 3.53. The van der Waals surface area contributed by atoms with Crippen LogP contribution in [0, 0.1) is 0 Å². The number of ether oxygens (including phenoxy) is 5. The minimum atomic E-state index is -0.257. The molecule has 4 aliphatic rings. The Kier molecular flexibility index (Phi) is 12.3. The molecule has 0 spiro atoms.